The third kappa shape index (κ3) is 6.16. The van der Waals surface area contributed by atoms with Gasteiger partial charge in [-0.15, -0.1) is 0 Å². The molecule has 33 heavy (non-hydrogen) atoms. The smallest absolute Gasteiger partial charge is 0.261 e. The Kier molecular flexibility index (Phi) is 8.17. The molecular weight excluding hydrogens is 412 g/mol. The number of carbonyl (C=O) groups excluding carboxylic acids is 2. The van der Waals surface area contributed by atoms with Gasteiger partial charge in [-0.3, -0.25) is 9.59 Å². The summed E-state index contributed by atoms with van der Waals surface area (Å²) < 4.78 is 6.14. The number of carbonyl (C=O) groups is 2. The van der Waals surface area contributed by atoms with E-state index in [4.69, 9.17) is 4.74 Å². The van der Waals surface area contributed by atoms with Crippen LogP contribution in [0.25, 0.3) is 0 Å². The summed E-state index contributed by atoms with van der Waals surface area (Å²) in [5, 5.41) is 2.94. The fourth-order valence-corrected chi connectivity index (χ4v) is 4.37. The predicted octanol–water partition coefficient (Wildman–Crippen LogP) is 5.20. The van der Waals surface area contributed by atoms with Gasteiger partial charge >= 0.3 is 0 Å². The number of hydrogen-bond donors (Lipinski definition) is 1. The Labute approximate surface area is 198 Å². The summed E-state index contributed by atoms with van der Waals surface area (Å²) >= 11 is 0. The normalized spacial score (nSPS) is 16.5. The van der Waals surface area contributed by atoms with Gasteiger partial charge in [0.15, 0.2) is 6.10 Å². The highest BCUT2D eigenvalue weighted by molar-refractivity contribution is 5.81. The van der Waals surface area contributed by atoms with E-state index in [-0.39, 0.29) is 23.9 Å². The first kappa shape index (κ1) is 24.8. The summed E-state index contributed by atoms with van der Waals surface area (Å²) in [5.74, 6) is 1.04. The summed E-state index contributed by atoms with van der Waals surface area (Å²) in [6.45, 7) is 12.8. The molecule has 0 bridgehead atoms. The lowest BCUT2D eigenvalue weighted by Gasteiger charge is -2.38. The van der Waals surface area contributed by atoms with E-state index in [0.717, 1.165) is 17.5 Å². The van der Waals surface area contributed by atoms with E-state index < -0.39 is 6.10 Å². The van der Waals surface area contributed by atoms with Gasteiger partial charge in [0.25, 0.3) is 5.91 Å². The lowest BCUT2D eigenvalue weighted by atomic mass is 9.87. The third-order valence-electron chi connectivity index (χ3n) is 6.01. The van der Waals surface area contributed by atoms with Crippen molar-refractivity contribution in [1.82, 2.24) is 10.2 Å². The Morgan fingerprint density at radius 3 is 2.39 bits per heavy atom. The van der Waals surface area contributed by atoms with Crippen molar-refractivity contribution >= 4 is 11.8 Å². The molecule has 5 nitrogen and oxygen atoms in total. The standard InChI is InChI=1S/C28H38N2O3/c1-7-25(28(32)29-19(4)5)33-23-13-12-21-14-15-30(26(31)16-18(2)3)27(24(21)17-23)22-10-8-20(6)9-11-22/h8-13,17-19,25,27H,7,14-16H2,1-6H3,(H,29,32)/t25-,27-/m1/s1. The highest BCUT2D eigenvalue weighted by atomic mass is 16.5. The van der Waals surface area contributed by atoms with Crippen molar-refractivity contribution in [3.05, 3.63) is 64.7 Å². The van der Waals surface area contributed by atoms with Crippen LogP contribution in [0.15, 0.2) is 42.5 Å². The van der Waals surface area contributed by atoms with Crippen LogP contribution in [0.3, 0.4) is 0 Å². The Morgan fingerprint density at radius 2 is 1.79 bits per heavy atom. The molecule has 0 saturated carbocycles. The first-order chi connectivity index (χ1) is 15.7. The molecule has 2 aromatic carbocycles. The number of nitrogens with zero attached hydrogens (tertiary/aromatic N) is 1. The van der Waals surface area contributed by atoms with Gasteiger partial charge in [-0.1, -0.05) is 56.7 Å². The van der Waals surface area contributed by atoms with Gasteiger partial charge in [0.05, 0.1) is 6.04 Å². The molecular formula is C28H38N2O3. The average Bonchev–Trinajstić information content (AvgIpc) is 2.76. The Balaban J connectivity index is 1.98. The van der Waals surface area contributed by atoms with E-state index in [1.807, 2.05) is 37.8 Å². The monoisotopic (exact) mass is 450 g/mol. The van der Waals surface area contributed by atoms with Crippen molar-refractivity contribution in [2.45, 2.75) is 79.0 Å². The van der Waals surface area contributed by atoms with Crippen molar-refractivity contribution in [3.63, 3.8) is 0 Å². The van der Waals surface area contributed by atoms with E-state index in [9.17, 15) is 9.59 Å². The zero-order chi connectivity index (χ0) is 24.1. The second-order valence-electron chi connectivity index (χ2n) is 9.79. The van der Waals surface area contributed by atoms with Crippen LogP contribution < -0.4 is 10.1 Å². The topological polar surface area (TPSA) is 58.6 Å². The van der Waals surface area contributed by atoms with Gasteiger partial charge < -0.3 is 15.0 Å². The highest BCUT2D eigenvalue weighted by Crippen LogP contribution is 2.38. The number of benzene rings is 2. The number of hydrogen-bond acceptors (Lipinski definition) is 3. The molecule has 3 rings (SSSR count). The highest BCUT2D eigenvalue weighted by Gasteiger charge is 2.33. The van der Waals surface area contributed by atoms with Crippen LogP contribution in [0, 0.1) is 12.8 Å². The van der Waals surface area contributed by atoms with Crippen LogP contribution in [-0.4, -0.2) is 35.4 Å². The lowest BCUT2D eigenvalue weighted by Crippen LogP contribution is -2.42. The summed E-state index contributed by atoms with van der Waals surface area (Å²) in [6.07, 6.45) is 1.37. The van der Waals surface area contributed by atoms with Gasteiger partial charge in [-0.2, -0.15) is 0 Å². The number of fused-ring (bicyclic) bond motifs is 1. The van der Waals surface area contributed by atoms with Crippen LogP contribution in [0.4, 0.5) is 0 Å². The molecule has 2 atom stereocenters. The van der Waals surface area contributed by atoms with Crippen LogP contribution in [-0.2, 0) is 16.0 Å². The number of amides is 2. The maximum Gasteiger partial charge on any atom is 0.261 e. The Morgan fingerprint density at radius 1 is 1.09 bits per heavy atom. The Hall–Kier alpha value is -2.82. The van der Waals surface area contributed by atoms with Crippen molar-refractivity contribution < 1.29 is 14.3 Å². The van der Waals surface area contributed by atoms with Gasteiger partial charge in [0.1, 0.15) is 5.75 Å². The molecule has 0 aliphatic carbocycles. The largest absolute Gasteiger partial charge is 0.481 e. The van der Waals surface area contributed by atoms with Gasteiger partial charge in [-0.05, 0) is 68.4 Å². The van der Waals surface area contributed by atoms with E-state index in [1.165, 1.54) is 11.1 Å². The molecule has 0 aromatic heterocycles. The van der Waals surface area contributed by atoms with E-state index >= 15 is 0 Å². The minimum Gasteiger partial charge on any atom is -0.481 e. The van der Waals surface area contributed by atoms with E-state index in [0.29, 0.717) is 31.1 Å². The van der Waals surface area contributed by atoms with Crippen LogP contribution in [0.5, 0.6) is 5.75 Å². The van der Waals surface area contributed by atoms with Crippen LogP contribution in [0.2, 0.25) is 0 Å². The minimum absolute atomic E-state index is 0.0603. The van der Waals surface area contributed by atoms with Gasteiger partial charge in [0, 0.05) is 19.0 Å². The zero-order valence-corrected chi connectivity index (χ0v) is 20.9. The SMILES string of the molecule is CC[C@@H](Oc1ccc2c(c1)[C@@H](c1ccc(C)cc1)N(C(=O)CC(C)C)CC2)C(=O)NC(C)C. The van der Waals surface area contributed by atoms with Crippen LogP contribution >= 0.6 is 0 Å². The average molecular weight is 451 g/mol. The molecule has 0 spiro atoms. The van der Waals surface area contributed by atoms with E-state index in [1.54, 1.807) is 0 Å². The fourth-order valence-electron chi connectivity index (χ4n) is 4.37. The van der Waals surface area contributed by atoms with Gasteiger partial charge in [-0.25, -0.2) is 0 Å². The number of nitrogens with one attached hydrogen (secondary N) is 1. The minimum atomic E-state index is -0.550. The summed E-state index contributed by atoms with van der Waals surface area (Å²) in [7, 11) is 0. The molecule has 1 heterocycles. The van der Waals surface area contributed by atoms with Crippen LogP contribution in [0.1, 0.15) is 75.8 Å². The second-order valence-corrected chi connectivity index (χ2v) is 9.79. The van der Waals surface area contributed by atoms with Gasteiger partial charge in [0.2, 0.25) is 5.91 Å². The molecule has 2 aromatic rings. The lowest BCUT2D eigenvalue weighted by molar-refractivity contribution is -0.134. The predicted molar refractivity (Wildman–Crippen MR) is 132 cm³/mol. The first-order valence-corrected chi connectivity index (χ1v) is 12.2. The number of aryl methyl sites for hydroxylation is 1. The quantitative estimate of drug-likeness (QED) is 0.602. The Bertz CT molecular complexity index is 966. The summed E-state index contributed by atoms with van der Waals surface area (Å²) in [4.78, 5) is 27.8. The molecule has 5 heteroatoms. The molecule has 1 aliphatic heterocycles. The number of rotatable bonds is 8. The molecule has 0 unspecified atom stereocenters. The maximum absolute atomic E-state index is 13.2. The number of ether oxygens (including phenoxy) is 1. The zero-order valence-electron chi connectivity index (χ0n) is 20.9. The maximum atomic E-state index is 13.2. The van der Waals surface area contributed by atoms with E-state index in [2.05, 4.69) is 56.4 Å². The molecule has 0 fully saturated rings. The second kappa shape index (κ2) is 10.9. The van der Waals surface area contributed by atoms with Crippen molar-refractivity contribution in [3.8, 4) is 5.75 Å². The molecule has 0 radical (unpaired) electrons. The van der Waals surface area contributed by atoms with Crippen molar-refractivity contribution in [1.29, 1.82) is 0 Å². The summed E-state index contributed by atoms with van der Waals surface area (Å²) in [5.41, 5.74) is 4.59. The molecule has 1 aliphatic rings. The third-order valence-corrected chi connectivity index (χ3v) is 6.01. The molecule has 0 saturated heterocycles. The summed E-state index contributed by atoms with van der Waals surface area (Å²) in [6, 6.07) is 14.4. The van der Waals surface area contributed by atoms with Crippen molar-refractivity contribution in [2.24, 2.45) is 5.92 Å². The fraction of sp³-hybridized carbons (Fsp3) is 0.500. The molecule has 2 amide bonds. The van der Waals surface area contributed by atoms with Crippen molar-refractivity contribution in [2.75, 3.05) is 6.54 Å². The molecule has 1 N–H and O–H groups in total. The molecule has 178 valence electrons. The first-order valence-electron chi connectivity index (χ1n) is 12.2.